The molecule has 0 aromatic rings. The van der Waals surface area contributed by atoms with E-state index in [1.807, 2.05) is 0 Å². The van der Waals surface area contributed by atoms with Crippen LogP contribution in [0.1, 0.15) is 52.9 Å². The smallest absolute Gasteiger partial charge is 0.226 e. The average Bonchev–Trinajstić information content (AvgIpc) is 2.28. The predicted molar refractivity (Wildman–Crippen MR) is 74.3 cm³/mol. The van der Waals surface area contributed by atoms with Gasteiger partial charge in [0.05, 0.1) is 0 Å². The summed E-state index contributed by atoms with van der Waals surface area (Å²) in [5.74, 6) is 1.79. The second-order valence-corrected chi connectivity index (χ2v) is 6.90. The highest BCUT2D eigenvalue weighted by molar-refractivity contribution is 5.82. The Kier molecular flexibility index (Phi) is 4.31. The van der Waals surface area contributed by atoms with E-state index in [-0.39, 0.29) is 11.3 Å². The third-order valence-electron chi connectivity index (χ3n) is 4.77. The van der Waals surface area contributed by atoms with Gasteiger partial charge in [0.25, 0.3) is 0 Å². The van der Waals surface area contributed by atoms with Gasteiger partial charge >= 0.3 is 0 Å². The average molecular weight is 252 g/mol. The van der Waals surface area contributed by atoms with Gasteiger partial charge in [0.15, 0.2) is 0 Å². The van der Waals surface area contributed by atoms with E-state index in [2.05, 4.69) is 31.4 Å². The Morgan fingerprint density at radius 1 is 1.11 bits per heavy atom. The van der Waals surface area contributed by atoms with E-state index < -0.39 is 0 Å². The first-order valence-corrected chi connectivity index (χ1v) is 7.51. The molecule has 1 heterocycles. The van der Waals surface area contributed by atoms with Crippen LogP contribution in [0.2, 0.25) is 0 Å². The normalized spacial score (nSPS) is 36.1. The van der Waals surface area contributed by atoms with Crippen molar-refractivity contribution >= 4 is 5.91 Å². The summed E-state index contributed by atoms with van der Waals surface area (Å²) in [6.45, 7) is 8.68. The predicted octanol–water partition coefficient (Wildman–Crippen LogP) is 2.32. The molecule has 0 bridgehead atoms. The summed E-state index contributed by atoms with van der Waals surface area (Å²) in [6, 6.07) is 0.406. The molecule has 2 aliphatic rings. The summed E-state index contributed by atoms with van der Waals surface area (Å²) >= 11 is 0. The molecule has 2 atom stereocenters. The van der Waals surface area contributed by atoms with Crippen molar-refractivity contribution in [1.29, 1.82) is 0 Å². The Morgan fingerprint density at radius 3 is 2.22 bits per heavy atom. The summed E-state index contributed by atoms with van der Waals surface area (Å²) in [5, 5.41) is 6.66. The molecule has 0 aromatic carbocycles. The van der Waals surface area contributed by atoms with Crippen molar-refractivity contribution in [2.24, 2.45) is 17.3 Å². The monoisotopic (exact) mass is 252 g/mol. The highest BCUT2D eigenvalue weighted by Gasteiger charge is 2.36. The molecule has 1 saturated carbocycles. The molecule has 2 fully saturated rings. The van der Waals surface area contributed by atoms with Crippen LogP contribution in [0.25, 0.3) is 0 Å². The van der Waals surface area contributed by atoms with E-state index in [0.717, 1.165) is 50.6 Å². The maximum atomic E-state index is 12.5. The van der Waals surface area contributed by atoms with Gasteiger partial charge in [-0.05, 0) is 57.0 Å². The maximum Gasteiger partial charge on any atom is 0.226 e. The lowest BCUT2D eigenvalue weighted by Crippen LogP contribution is -2.50. The van der Waals surface area contributed by atoms with E-state index in [9.17, 15) is 4.79 Å². The van der Waals surface area contributed by atoms with Crippen LogP contribution in [-0.4, -0.2) is 25.0 Å². The molecule has 3 nitrogen and oxygen atoms in total. The maximum absolute atomic E-state index is 12.5. The molecule has 2 unspecified atom stereocenters. The van der Waals surface area contributed by atoms with Crippen molar-refractivity contribution in [1.82, 2.24) is 10.6 Å². The summed E-state index contributed by atoms with van der Waals surface area (Å²) in [5.41, 5.74) is -0.144. The Bertz CT molecular complexity index is 287. The number of rotatable bonds is 2. The third-order valence-corrected chi connectivity index (χ3v) is 4.77. The Balaban J connectivity index is 1.90. The highest BCUT2D eigenvalue weighted by Crippen LogP contribution is 2.31. The van der Waals surface area contributed by atoms with Crippen LogP contribution >= 0.6 is 0 Å². The number of nitrogens with one attached hydrogen (secondary N) is 2. The number of carbonyl (C=O) groups is 1. The zero-order chi connectivity index (χ0) is 13.2. The lowest BCUT2D eigenvalue weighted by molar-refractivity contribution is -0.132. The van der Waals surface area contributed by atoms with E-state index in [4.69, 9.17) is 0 Å². The fourth-order valence-electron chi connectivity index (χ4n) is 3.63. The van der Waals surface area contributed by atoms with Crippen molar-refractivity contribution in [2.45, 2.75) is 58.9 Å². The van der Waals surface area contributed by atoms with Gasteiger partial charge in [0, 0.05) is 11.5 Å². The minimum Gasteiger partial charge on any atom is -0.353 e. The molecule has 1 aliphatic carbocycles. The van der Waals surface area contributed by atoms with Crippen LogP contribution in [0.5, 0.6) is 0 Å². The molecule has 0 aromatic heterocycles. The van der Waals surface area contributed by atoms with E-state index in [1.165, 1.54) is 6.42 Å². The van der Waals surface area contributed by atoms with Gasteiger partial charge in [-0.3, -0.25) is 4.79 Å². The first-order valence-electron chi connectivity index (χ1n) is 7.51. The van der Waals surface area contributed by atoms with Crippen LogP contribution in [0.3, 0.4) is 0 Å². The topological polar surface area (TPSA) is 41.1 Å². The molecule has 0 radical (unpaired) electrons. The fourth-order valence-corrected chi connectivity index (χ4v) is 3.63. The summed E-state index contributed by atoms with van der Waals surface area (Å²) in [6.07, 6.45) is 5.57. The number of amides is 1. The standard InChI is InChI=1S/C15H28N2O/c1-11-8-12(2)10-13(9-11)17-14(18)15(3)4-6-16-7-5-15/h11-13,16H,4-10H2,1-3H3,(H,17,18). The molecular formula is C15H28N2O. The Labute approximate surface area is 111 Å². The van der Waals surface area contributed by atoms with E-state index in [1.54, 1.807) is 0 Å². The molecule has 0 spiro atoms. The highest BCUT2D eigenvalue weighted by atomic mass is 16.2. The van der Waals surface area contributed by atoms with Gasteiger partial charge in [-0.2, -0.15) is 0 Å². The van der Waals surface area contributed by atoms with Gasteiger partial charge in [-0.15, -0.1) is 0 Å². The number of carbonyl (C=O) groups excluding carboxylic acids is 1. The van der Waals surface area contributed by atoms with Gasteiger partial charge in [-0.25, -0.2) is 0 Å². The fraction of sp³-hybridized carbons (Fsp3) is 0.933. The van der Waals surface area contributed by atoms with Crippen molar-refractivity contribution in [3.63, 3.8) is 0 Å². The summed E-state index contributed by atoms with van der Waals surface area (Å²) in [4.78, 5) is 12.5. The molecule has 2 rings (SSSR count). The number of hydrogen-bond donors (Lipinski definition) is 2. The van der Waals surface area contributed by atoms with E-state index in [0.29, 0.717) is 6.04 Å². The molecule has 18 heavy (non-hydrogen) atoms. The molecule has 3 heteroatoms. The van der Waals surface area contributed by atoms with Gasteiger partial charge < -0.3 is 10.6 Å². The third kappa shape index (κ3) is 3.25. The van der Waals surface area contributed by atoms with Crippen LogP contribution in [0, 0.1) is 17.3 Å². The second kappa shape index (κ2) is 5.60. The first kappa shape index (κ1) is 13.9. The first-order chi connectivity index (χ1) is 8.49. The second-order valence-electron chi connectivity index (χ2n) is 6.90. The van der Waals surface area contributed by atoms with Gasteiger partial charge in [0.1, 0.15) is 0 Å². The zero-order valence-electron chi connectivity index (χ0n) is 12.1. The minimum absolute atomic E-state index is 0.144. The van der Waals surface area contributed by atoms with Crippen molar-refractivity contribution in [3.8, 4) is 0 Å². The van der Waals surface area contributed by atoms with E-state index >= 15 is 0 Å². The molecular weight excluding hydrogens is 224 g/mol. The molecule has 1 aliphatic heterocycles. The minimum atomic E-state index is -0.144. The summed E-state index contributed by atoms with van der Waals surface area (Å²) < 4.78 is 0. The SMILES string of the molecule is CC1CC(C)CC(NC(=O)C2(C)CCNCC2)C1. The Hall–Kier alpha value is -0.570. The number of piperidine rings is 1. The molecule has 2 N–H and O–H groups in total. The van der Waals surface area contributed by atoms with Gasteiger partial charge in [0.2, 0.25) is 5.91 Å². The van der Waals surface area contributed by atoms with Crippen LogP contribution in [0.4, 0.5) is 0 Å². The molecule has 1 amide bonds. The Morgan fingerprint density at radius 2 is 1.67 bits per heavy atom. The van der Waals surface area contributed by atoms with Crippen molar-refractivity contribution < 1.29 is 4.79 Å². The molecule has 1 saturated heterocycles. The zero-order valence-corrected chi connectivity index (χ0v) is 12.1. The lowest BCUT2D eigenvalue weighted by Gasteiger charge is -2.37. The van der Waals surface area contributed by atoms with Gasteiger partial charge in [-0.1, -0.05) is 20.8 Å². The quantitative estimate of drug-likeness (QED) is 0.792. The van der Waals surface area contributed by atoms with Crippen molar-refractivity contribution in [2.75, 3.05) is 13.1 Å². The largest absolute Gasteiger partial charge is 0.353 e. The summed E-state index contributed by atoms with van der Waals surface area (Å²) in [7, 11) is 0. The van der Waals surface area contributed by atoms with Crippen LogP contribution in [-0.2, 0) is 4.79 Å². The number of hydrogen-bond acceptors (Lipinski definition) is 2. The van der Waals surface area contributed by atoms with Crippen LogP contribution < -0.4 is 10.6 Å². The van der Waals surface area contributed by atoms with Crippen molar-refractivity contribution in [3.05, 3.63) is 0 Å². The molecule has 104 valence electrons. The lowest BCUT2D eigenvalue weighted by atomic mass is 9.77. The van der Waals surface area contributed by atoms with Crippen LogP contribution in [0.15, 0.2) is 0 Å².